The maximum Gasteiger partial charge on any atom is 0.387 e. The Kier molecular flexibility index (Phi) is 7.02. The summed E-state index contributed by atoms with van der Waals surface area (Å²) in [5.41, 5.74) is 1.69. The summed E-state index contributed by atoms with van der Waals surface area (Å²) in [5, 5.41) is 1.26. The van der Waals surface area contributed by atoms with Crippen molar-refractivity contribution in [2.75, 3.05) is 0 Å². The Labute approximate surface area is 186 Å². The number of rotatable bonds is 7. The van der Waals surface area contributed by atoms with Crippen LogP contribution in [0, 0.1) is 23.5 Å². The molecule has 5 heteroatoms. The van der Waals surface area contributed by atoms with E-state index in [4.69, 9.17) is 0 Å². The van der Waals surface area contributed by atoms with Crippen LogP contribution >= 0.6 is 0 Å². The highest BCUT2D eigenvalue weighted by molar-refractivity contribution is 5.88. The van der Waals surface area contributed by atoms with Gasteiger partial charge >= 0.3 is 6.61 Å². The van der Waals surface area contributed by atoms with Crippen LogP contribution in [0.1, 0.15) is 51.0 Å². The average molecular weight is 445 g/mol. The van der Waals surface area contributed by atoms with Crippen molar-refractivity contribution in [3.63, 3.8) is 0 Å². The third-order valence-electron chi connectivity index (χ3n) is 6.86. The highest BCUT2D eigenvalue weighted by Gasteiger charge is 2.20. The maximum absolute atomic E-state index is 15.2. The lowest BCUT2D eigenvalue weighted by atomic mass is 9.78. The minimum absolute atomic E-state index is 0.223. The minimum atomic E-state index is -3.12. The van der Waals surface area contributed by atoms with Gasteiger partial charge in [-0.05, 0) is 53.3 Å². The van der Waals surface area contributed by atoms with E-state index in [0.29, 0.717) is 5.39 Å². The maximum atomic E-state index is 15.2. The molecule has 1 nitrogen and oxygen atoms in total. The van der Waals surface area contributed by atoms with E-state index in [1.807, 2.05) is 18.2 Å². The predicted octanol–water partition coefficient (Wildman–Crippen LogP) is 8.54. The van der Waals surface area contributed by atoms with Gasteiger partial charge in [-0.2, -0.15) is 8.78 Å². The molecular weight excluding hydrogens is 416 g/mol. The van der Waals surface area contributed by atoms with Crippen molar-refractivity contribution < 1.29 is 22.3 Å². The van der Waals surface area contributed by atoms with E-state index in [0.717, 1.165) is 42.2 Å². The molecule has 4 rings (SSSR count). The fourth-order valence-electron chi connectivity index (χ4n) is 4.88. The summed E-state index contributed by atoms with van der Waals surface area (Å²) in [6.07, 6.45) is 8.71. The number of hydrogen-bond donors (Lipinski definition) is 0. The van der Waals surface area contributed by atoms with Gasteiger partial charge in [-0.3, -0.25) is 0 Å². The molecule has 170 valence electrons. The molecule has 0 unspecified atom stereocenters. The lowest BCUT2D eigenvalue weighted by Crippen LogP contribution is -2.14. The van der Waals surface area contributed by atoms with E-state index in [1.165, 1.54) is 43.7 Å². The molecule has 1 aliphatic carbocycles. The molecule has 0 saturated heterocycles. The first-order valence-corrected chi connectivity index (χ1v) is 11.4. The molecule has 0 heterocycles. The van der Waals surface area contributed by atoms with Crippen molar-refractivity contribution in [3.8, 4) is 16.9 Å². The van der Waals surface area contributed by atoms with E-state index >= 15 is 4.39 Å². The summed E-state index contributed by atoms with van der Waals surface area (Å²) < 4.78 is 58.1. The quantitative estimate of drug-likeness (QED) is 0.332. The van der Waals surface area contributed by atoms with Gasteiger partial charge in [0.15, 0.2) is 11.6 Å². The van der Waals surface area contributed by atoms with E-state index in [-0.39, 0.29) is 11.1 Å². The molecule has 1 fully saturated rings. The number of ether oxygens (including phenoxy) is 1. The van der Waals surface area contributed by atoms with Crippen LogP contribution in [-0.2, 0) is 6.42 Å². The van der Waals surface area contributed by atoms with Crippen molar-refractivity contribution in [2.45, 2.75) is 58.5 Å². The number of halogens is 4. The second-order valence-corrected chi connectivity index (χ2v) is 8.84. The topological polar surface area (TPSA) is 9.23 Å². The molecule has 0 bridgehead atoms. The Bertz CT molecular complexity index is 1070. The minimum Gasteiger partial charge on any atom is -0.432 e. The summed E-state index contributed by atoms with van der Waals surface area (Å²) >= 11 is 0. The highest BCUT2D eigenvalue weighted by atomic mass is 19.3. The van der Waals surface area contributed by atoms with Gasteiger partial charge in [0.1, 0.15) is 5.82 Å². The van der Waals surface area contributed by atoms with Gasteiger partial charge in [0.05, 0.1) is 0 Å². The molecule has 1 aliphatic rings. The molecule has 3 aromatic carbocycles. The van der Waals surface area contributed by atoms with Crippen LogP contribution in [0.15, 0.2) is 48.5 Å². The first-order chi connectivity index (χ1) is 15.4. The zero-order valence-electron chi connectivity index (χ0n) is 18.2. The molecule has 0 aromatic heterocycles. The molecule has 3 aromatic rings. The second-order valence-electron chi connectivity index (χ2n) is 8.84. The van der Waals surface area contributed by atoms with E-state index in [2.05, 4.69) is 11.7 Å². The van der Waals surface area contributed by atoms with Gasteiger partial charge in [0, 0.05) is 10.9 Å². The van der Waals surface area contributed by atoms with Gasteiger partial charge in [-0.25, -0.2) is 8.78 Å². The number of aryl methyl sites for hydroxylation is 1. The Morgan fingerprint density at radius 2 is 1.66 bits per heavy atom. The summed E-state index contributed by atoms with van der Waals surface area (Å²) in [7, 11) is 0. The third kappa shape index (κ3) is 5.08. The molecular formula is C27H28F4O. The number of benzene rings is 3. The van der Waals surface area contributed by atoms with Gasteiger partial charge in [-0.15, -0.1) is 0 Å². The molecule has 0 N–H and O–H groups in total. The third-order valence-corrected chi connectivity index (χ3v) is 6.86. The zero-order chi connectivity index (χ0) is 22.7. The number of hydrogen-bond acceptors (Lipinski definition) is 1. The number of fused-ring (bicyclic) bond motifs is 1. The van der Waals surface area contributed by atoms with Crippen molar-refractivity contribution in [2.24, 2.45) is 11.8 Å². The molecule has 0 spiro atoms. The highest BCUT2D eigenvalue weighted by Crippen LogP contribution is 2.35. The van der Waals surface area contributed by atoms with Crippen molar-refractivity contribution in [1.82, 2.24) is 0 Å². The monoisotopic (exact) mass is 444 g/mol. The van der Waals surface area contributed by atoms with Crippen molar-refractivity contribution in [1.29, 1.82) is 0 Å². The van der Waals surface area contributed by atoms with Gasteiger partial charge in [-0.1, -0.05) is 75.4 Å². The van der Waals surface area contributed by atoms with Crippen LogP contribution in [0.2, 0.25) is 0 Å². The predicted molar refractivity (Wildman–Crippen MR) is 120 cm³/mol. The molecule has 32 heavy (non-hydrogen) atoms. The van der Waals surface area contributed by atoms with Crippen LogP contribution < -0.4 is 4.74 Å². The SMILES string of the molecule is CC[C@H]1CC[C@H](CCc2ccc3c(F)c(-c4ccc(OC(F)F)c(F)c4)ccc3c2)CC1. The molecule has 0 radical (unpaired) electrons. The Balaban J connectivity index is 1.49. The molecule has 0 aliphatic heterocycles. The lowest BCUT2D eigenvalue weighted by molar-refractivity contribution is -0.0521. The lowest BCUT2D eigenvalue weighted by Gasteiger charge is -2.27. The second kappa shape index (κ2) is 9.93. The van der Waals surface area contributed by atoms with Gasteiger partial charge < -0.3 is 4.74 Å². The fourth-order valence-corrected chi connectivity index (χ4v) is 4.88. The van der Waals surface area contributed by atoms with Crippen molar-refractivity contribution in [3.05, 3.63) is 65.7 Å². The molecule has 0 amide bonds. The summed E-state index contributed by atoms with van der Waals surface area (Å²) in [6, 6.07) is 12.7. The standard InChI is InChI=1S/C27H28F4O/c1-2-17-3-5-18(6-4-17)7-8-19-9-12-22-20(15-19)10-13-23(26(22)29)21-11-14-25(24(28)16-21)32-27(30)31/h9-18,27H,2-8H2,1H3/t17-,18-. The van der Waals surface area contributed by atoms with Gasteiger partial charge in [0.2, 0.25) is 0 Å². The smallest absolute Gasteiger partial charge is 0.387 e. The fraction of sp³-hybridized carbons (Fsp3) is 0.407. The molecule has 0 atom stereocenters. The van der Waals surface area contributed by atoms with E-state index in [9.17, 15) is 13.2 Å². The van der Waals surface area contributed by atoms with Gasteiger partial charge in [0.25, 0.3) is 0 Å². The summed E-state index contributed by atoms with van der Waals surface area (Å²) in [5.74, 6) is -0.289. The Hall–Kier alpha value is -2.56. The first kappa shape index (κ1) is 22.6. The van der Waals surface area contributed by atoms with Crippen LogP contribution in [-0.4, -0.2) is 6.61 Å². The summed E-state index contributed by atoms with van der Waals surface area (Å²) in [6.45, 7) is -0.841. The van der Waals surface area contributed by atoms with Crippen LogP contribution in [0.25, 0.3) is 21.9 Å². The van der Waals surface area contributed by atoms with E-state index in [1.54, 1.807) is 12.1 Å². The Morgan fingerprint density at radius 3 is 2.34 bits per heavy atom. The van der Waals surface area contributed by atoms with Crippen LogP contribution in [0.5, 0.6) is 5.75 Å². The van der Waals surface area contributed by atoms with E-state index < -0.39 is 24.0 Å². The average Bonchev–Trinajstić information content (AvgIpc) is 2.79. The largest absolute Gasteiger partial charge is 0.432 e. The Morgan fingerprint density at radius 1 is 0.906 bits per heavy atom. The normalized spacial score (nSPS) is 18.9. The zero-order valence-corrected chi connectivity index (χ0v) is 18.2. The molecule has 1 saturated carbocycles. The van der Waals surface area contributed by atoms with Crippen LogP contribution in [0.3, 0.4) is 0 Å². The van der Waals surface area contributed by atoms with Crippen molar-refractivity contribution >= 4 is 10.8 Å². The summed E-state index contributed by atoms with van der Waals surface area (Å²) in [4.78, 5) is 0. The number of alkyl halides is 2. The van der Waals surface area contributed by atoms with Crippen LogP contribution in [0.4, 0.5) is 17.6 Å². The first-order valence-electron chi connectivity index (χ1n) is 11.4.